The van der Waals surface area contributed by atoms with Crippen LogP contribution in [-0.4, -0.2) is 17.4 Å². The molecule has 0 saturated carbocycles. The molecule has 6 heteroatoms. The molecule has 2 aliphatic heterocycles. The second-order valence-corrected chi connectivity index (χ2v) is 8.18. The number of carbonyl (C=O) groups excluding carboxylic acids is 1. The Morgan fingerprint density at radius 1 is 1.00 bits per heavy atom. The zero-order valence-electron chi connectivity index (χ0n) is 18.1. The van der Waals surface area contributed by atoms with Gasteiger partial charge in [0.2, 0.25) is 0 Å². The summed E-state index contributed by atoms with van der Waals surface area (Å²) in [5, 5.41) is 11.1. The summed E-state index contributed by atoms with van der Waals surface area (Å²) in [7, 11) is 0. The van der Waals surface area contributed by atoms with Gasteiger partial charge in [-0.2, -0.15) is 0 Å². The molecular weight excluding hydrogens is 416 g/mol. The fourth-order valence-corrected chi connectivity index (χ4v) is 4.39. The van der Waals surface area contributed by atoms with E-state index >= 15 is 0 Å². The normalized spacial score (nSPS) is 18.9. The largest absolute Gasteiger partial charge is 0.492 e. The second kappa shape index (κ2) is 8.39. The molecule has 2 heterocycles. The van der Waals surface area contributed by atoms with Gasteiger partial charge in [0.1, 0.15) is 5.76 Å². The van der Waals surface area contributed by atoms with Gasteiger partial charge in [-0.1, -0.05) is 48.0 Å². The Hall–Kier alpha value is -4.19. The van der Waals surface area contributed by atoms with Gasteiger partial charge in [0.15, 0.2) is 0 Å². The van der Waals surface area contributed by atoms with Crippen molar-refractivity contribution in [2.45, 2.75) is 19.4 Å². The molecule has 0 saturated heterocycles. The number of anilines is 1. The molecule has 0 aromatic heterocycles. The van der Waals surface area contributed by atoms with Gasteiger partial charge in [0.05, 0.1) is 23.1 Å². The summed E-state index contributed by atoms with van der Waals surface area (Å²) in [6, 6.07) is 23.8. The van der Waals surface area contributed by atoms with Crippen LogP contribution < -0.4 is 4.90 Å². The average Bonchev–Trinajstić information content (AvgIpc) is 3.33. The van der Waals surface area contributed by atoms with Crippen molar-refractivity contribution in [3.8, 4) is 0 Å². The molecule has 0 bridgehead atoms. The number of para-hydroxylation sites is 1. The van der Waals surface area contributed by atoms with E-state index in [0.29, 0.717) is 24.4 Å². The second-order valence-electron chi connectivity index (χ2n) is 8.18. The lowest BCUT2D eigenvalue weighted by Crippen LogP contribution is -2.40. The maximum absolute atomic E-state index is 13.7. The first kappa shape index (κ1) is 20.7. The maximum Gasteiger partial charge on any atom is 0.269 e. The number of ether oxygens (including phenoxy) is 1. The first-order valence-electron chi connectivity index (χ1n) is 10.8. The van der Waals surface area contributed by atoms with Gasteiger partial charge in [-0.25, -0.2) is 0 Å². The molecule has 3 aromatic carbocycles. The van der Waals surface area contributed by atoms with Crippen LogP contribution >= 0.6 is 0 Å². The quantitative estimate of drug-likeness (QED) is 0.384. The van der Waals surface area contributed by atoms with Crippen LogP contribution in [0.3, 0.4) is 0 Å². The molecule has 5 rings (SSSR count). The fraction of sp³-hybridized carbons (Fsp3) is 0.148. The summed E-state index contributed by atoms with van der Waals surface area (Å²) in [6.07, 6.45) is 2.52. The third-order valence-corrected chi connectivity index (χ3v) is 6.02. The molecule has 1 unspecified atom stereocenters. The SMILES string of the molecule is Cc1ccc(C2/C(=C\c3ccc([N+](=O)[O-])cc3)C3=C(CCO3)C(=O)N2c2ccccc2)cc1. The van der Waals surface area contributed by atoms with Crippen molar-refractivity contribution < 1.29 is 14.5 Å². The van der Waals surface area contributed by atoms with Gasteiger partial charge in [-0.05, 0) is 48.4 Å². The molecule has 164 valence electrons. The summed E-state index contributed by atoms with van der Waals surface area (Å²) in [5.74, 6) is 0.566. The molecular formula is C27H22N2O4. The van der Waals surface area contributed by atoms with Crippen molar-refractivity contribution in [3.63, 3.8) is 0 Å². The van der Waals surface area contributed by atoms with Gasteiger partial charge >= 0.3 is 0 Å². The van der Waals surface area contributed by atoms with E-state index in [9.17, 15) is 14.9 Å². The Morgan fingerprint density at radius 3 is 2.36 bits per heavy atom. The first-order valence-corrected chi connectivity index (χ1v) is 10.8. The number of benzene rings is 3. The van der Waals surface area contributed by atoms with Crippen molar-refractivity contribution in [1.82, 2.24) is 0 Å². The zero-order valence-corrected chi connectivity index (χ0v) is 18.1. The average molecular weight is 438 g/mol. The van der Waals surface area contributed by atoms with Gasteiger partial charge in [-0.3, -0.25) is 19.8 Å². The molecule has 33 heavy (non-hydrogen) atoms. The Labute approximate surface area is 191 Å². The van der Waals surface area contributed by atoms with Crippen LogP contribution in [0.4, 0.5) is 11.4 Å². The number of nitro benzene ring substituents is 1. The minimum Gasteiger partial charge on any atom is -0.492 e. The maximum atomic E-state index is 13.7. The van der Waals surface area contributed by atoms with E-state index in [1.54, 1.807) is 12.1 Å². The topological polar surface area (TPSA) is 72.7 Å². The van der Waals surface area contributed by atoms with Crippen LogP contribution in [0.25, 0.3) is 6.08 Å². The summed E-state index contributed by atoms with van der Waals surface area (Å²) in [4.78, 5) is 26.1. The number of aryl methyl sites for hydroxylation is 1. The number of amides is 1. The Kier molecular flexibility index (Phi) is 5.26. The summed E-state index contributed by atoms with van der Waals surface area (Å²) in [6.45, 7) is 2.48. The highest BCUT2D eigenvalue weighted by molar-refractivity contribution is 6.09. The van der Waals surface area contributed by atoms with Gasteiger partial charge in [0, 0.05) is 29.8 Å². The van der Waals surface area contributed by atoms with Gasteiger partial charge in [0.25, 0.3) is 11.6 Å². The van der Waals surface area contributed by atoms with Crippen LogP contribution in [0.15, 0.2) is 95.8 Å². The lowest BCUT2D eigenvalue weighted by molar-refractivity contribution is -0.384. The molecule has 1 atom stereocenters. The highest BCUT2D eigenvalue weighted by atomic mass is 16.6. The molecule has 0 N–H and O–H groups in total. The Morgan fingerprint density at radius 2 is 1.70 bits per heavy atom. The Bertz CT molecular complexity index is 1280. The van der Waals surface area contributed by atoms with Gasteiger partial charge < -0.3 is 4.74 Å². The minimum absolute atomic E-state index is 0.0361. The van der Waals surface area contributed by atoms with Crippen molar-refractivity contribution in [1.29, 1.82) is 0 Å². The summed E-state index contributed by atoms with van der Waals surface area (Å²) >= 11 is 0. The minimum atomic E-state index is -0.414. The predicted molar refractivity (Wildman–Crippen MR) is 127 cm³/mol. The highest BCUT2D eigenvalue weighted by Crippen LogP contribution is 2.46. The molecule has 0 radical (unpaired) electrons. The first-order chi connectivity index (χ1) is 16.0. The van der Waals surface area contributed by atoms with Crippen molar-refractivity contribution in [2.75, 3.05) is 11.5 Å². The van der Waals surface area contributed by atoms with Gasteiger partial charge in [-0.15, -0.1) is 0 Å². The third kappa shape index (κ3) is 3.80. The van der Waals surface area contributed by atoms with E-state index in [0.717, 1.165) is 28.0 Å². The number of hydrogen-bond donors (Lipinski definition) is 0. The number of carbonyl (C=O) groups is 1. The molecule has 2 aliphatic rings. The van der Waals surface area contributed by atoms with Crippen molar-refractivity contribution in [2.24, 2.45) is 0 Å². The molecule has 0 fully saturated rings. The standard InChI is InChI=1S/C27H22N2O4/c1-18-7-11-20(12-8-18)25-24(17-19-9-13-22(14-10-19)29(31)32)26-23(15-16-33-26)27(30)28(25)21-5-3-2-4-6-21/h2-14,17,25H,15-16H2,1H3/b24-17+. The third-order valence-electron chi connectivity index (χ3n) is 6.02. The van der Waals surface area contributed by atoms with Crippen LogP contribution in [0.1, 0.15) is 29.2 Å². The van der Waals surface area contributed by atoms with E-state index in [4.69, 9.17) is 4.74 Å². The molecule has 0 spiro atoms. The Balaban J connectivity index is 1.71. The lowest BCUT2D eigenvalue weighted by Gasteiger charge is -2.38. The number of nitrogens with zero attached hydrogens (tertiary/aromatic N) is 2. The number of rotatable bonds is 4. The van der Waals surface area contributed by atoms with E-state index in [2.05, 4.69) is 0 Å². The van der Waals surface area contributed by atoms with E-state index < -0.39 is 11.0 Å². The van der Waals surface area contributed by atoms with Crippen LogP contribution in [0.2, 0.25) is 0 Å². The summed E-state index contributed by atoms with van der Waals surface area (Å²) < 4.78 is 5.99. The van der Waals surface area contributed by atoms with E-state index in [-0.39, 0.29) is 11.6 Å². The summed E-state index contributed by atoms with van der Waals surface area (Å²) in [5.41, 5.74) is 5.27. The van der Waals surface area contributed by atoms with Crippen molar-refractivity contribution >= 4 is 23.4 Å². The smallest absolute Gasteiger partial charge is 0.269 e. The number of non-ortho nitro benzene ring substituents is 1. The van der Waals surface area contributed by atoms with Crippen LogP contribution in [0.5, 0.6) is 0 Å². The highest BCUT2D eigenvalue weighted by Gasteiger charge is 2.42. The molecule has 0 aliphatic carbocycles. The zero-order chi connectivity index (χ0) is 22.9. The van der Waals surface area contributed by atoms with Crippen molar-refractivity contribution in [3.05, 3.63) is 123 Å². The van der Waals surface area contributed by atoms with E-state index in [1.165, 1.54) is 12.1 Å². The molecule has 6 nitrogen and oxygen atoms in total. The predicted octanol–water partition coefficient (Wildman–Crippen LogP) is 5.75. The number of nitro groups is 1. The fourth-order valence-electron chi connectivity index (χ4n) is 4.39. The van der Waals surface area contributed by atoms with Crippen LogP contribution in [0, 0.1) is 17.0 Å². The lowest BCUT2D eigenvalue weighted by atomic mass is 9.87. The monoisotopic (exact) mass is 438 g/mol. The molecule has 3 aromatic rings. The molecule has 1 amide bonds. The number of hydrogen-bond acceptors (Lipinski definition) is 4. The van der Waals surface area contributed by atoms with E-state index in [1.807, 2.05) is 72.5 Å². The van der Waals surface area contributed by atoms with Crippen LogP contribution in [-0.2, 0) is 9.53 Å².